The first-order chi connectivity index (χ1) is 11.1. The number of thiophene rings is 1. The Bertz CT molecular complexity index is 857. The Morgan fingerprint density at radius 3 is 2.57 bits per heavy atom. The summed E-state index contributed by atoms with van der Waals surface area (Å²) in [7, 11) is 0. The third kappa shape index (κ3) is 3.02. The molecule has 0 unspecified atom stereocenters. The molecule has 0 spiro atoms. The summed E-state index contributed by atoms with van der Waals surface area (Å²) in [6.45, 7) is 2.04. The molecule has 2 aromatic heterocycles. The fourth-order valence-electron chi connectivity index (χ4n) is 2.42. The number of nitrogens with two attached hydrogens (primary N) is 1. The van der Waals surface area contributed by atoms with Crippen molar-refractivity contribution < 1.29 is 9.36 Å². The lowest BCUT2D eigenvalue weighted by Gasteiger charge is -2.00. The number of nitrogen functional groups attached to an aromatic ring is 1. The van der Waals surface area contributed by atoms with E-state index >= 15 is 0 Å². The molecule has 2 N–H and O–H groups in total. The number of hydrogen-bond donors (Lipinski definition) is 1. The van der Waals surface area contributed by atoms with E-state index in [-0.39, 0.29) is 5.78 Å². The summed E-state index contributed by atoms with van der Waals surface area (Å²) in [6.07, 6.45) is 5.98. The Hall–Kier alpha value is -2.11. The van der Waals surface area contributed by atoms with Gasteiger partial charge in [-0.05, 0) is 19.2 Å². The Morgan fingerprint density at radius 2 is 1.91 bits per heavy atom. The van der Waals surface area contributed by atoms with Crippen molar-refractivity contribution in [2.75, 3.05) is 12.0 Å². The van der Waals surface area contributed by atoms with Gasteiger partial charge >= 0.3 is 0 Å². The molecule has 0 aliphatic rings. The highest BCUT2D eigenvalue weighted by Gasteiger charge is 2.27. The topological polar surface area (TPSA) is 47.0 Å². The smallest absolute Gasteiger partial charge is 0.259 e. The molecule has 0 aliphatic carbocycles. The first-order valence-electron chi connectivity index (χ1n) is 7.16. The molecule has 0 aliphatic heterocycles. The highest BCUT2D eigenvalue weighted by molar-refractivity contribution is 8.00. The molecule has 0 bridgehead atoms. The van der Waals surface area contributed by atoms with E-state index in [4.69, 9.17) is 5.73 Å². The number of thioether (sulfide) groups is 1. The number of benzene rings is 1. The van der Waals surface area contributed by atoms with E-state index < -0.39 is 0 Å². The van der Waals surface area contributed by atoms with Crippen LogP contribution in [0.3, 0.4) is 0 Å². The Morgan fingerprint density at radius 1 is 1.17 bits per heavy atom. The molecule has 3 rings (SSSR count). The molecular weight excluding hydrogens is 324 g/mol. The van der Waals surface area contributed by atoms with Crippen LogP contribution in [0.5, 0.6) is 0 Å². The molecule has 0 radical (unpaired) electrons. The van der Waals surface area contributed by atoms with Gasteiger partial charge < -0.3 is 5.73 Å². The van der Waals surface area contributed by atoms with Gasteiger partial charge in [-0.3, -0.25) is 4.79 Å². The van der Waals surface area contributed by atoms with Crippen LogP contribution in [0.25, 0.3) is 5.69 Å². The summed E-state index contributed by atoms with van der Waals surface area (Å²) in [4.78, 5) is 13.4. The summed E-state index contributed by atoms with van der Waals surface area (Å²) < 4.78 is 3.03. The number of aryl methyl sites for hydroxylation is 1. The lowest BCUT2D eigenvalue weighted by atomic mass is 10.1. The fourth-order valence-corrected chi connectivity index (χ4v) is 4.32. The van der Waals surface area contributed by atoms with E-state index in [0.717, 1.165) is 15.5 Å². The molecule has 3 nitrogen and oxygen atoms in total. The number of carbonyl (C=O) groups is 1. The van der Waals surface area contributed by atoms with Gasteiger partial charge in [0, 0.05) is 17.2 Å². The summed E-state index contributed by atoms with van der Waals surface area (Å²) >= 11 is 3.07. The second-order valence-corrected chi connectivity index (χ2v) is 7.26. The largest absolute Gasteiger partial charge is 0.392 e. The van der Waals surface area contributed by atoms with Gasteiger partial charge in [-0.1, -0.05) is 30.3 Å². The highest BCUT2D eigenvalue weighted by atomic mass is 32.2. The number of nitrogens with zero attached hydrogens (tertiary/aromatic N) is 1. The first kappa shape index (κ1) is 15.8. The molecule has 0 fully saturated rings. The molecule has 23 heavy (non-hydrogen) atoms. The minimum Gasteiger partial charge on any atom is -0.392 e. The molecule has 3 aromatic rings. The standard InChI is InChI=1S/C18H16N2OS2/c1-12-7-6-10-20(11-12)15-14(19)17(23-18(15)22-2)16(21)13-8-4-3-5-9-13/h3-11H,1-2H3,(H-,19,21)/p+1. The summed E-state index contributed by atoms with van der Waals surface area (Å²) in [5, 5.41) is 0. The number of hydrogen-bond acceptors (Lipinski definition) is 4. The normalized spacial score (nSPS) is 10.7. The number of ketones is 1. The number of anilines is 1. The van der Waals surface area contributed by atoms with Crippen molar-refractivity contribution in [2.45, 2.75) is 11.1 Å². The van der Waals surface area contributed by atoms with Gasteiger partial charge in [0.2, 0.25) is 5.78 Å². The predicted molar refractivity (Wildman–Crippen MR) is 96.7 cm³/mol. The zero-order valence-corrected chi connectivity index (χ0v) is 14.6. The van der Waals surface area contributed by atoms with E-state index in [9.17, 15) is 4.79 Å². The Labute approximate surface area is 143 Å². The summed E-state index contributed by atoms with van der Waals surface area (Å²) in [5.74, 6) is -0.0251. The number of pyridine rings is 1. The van der Waals surface area contributed by atoms with Crippen molar-refractivity contribution in [1.82, 2.24) is 0 Å². The van der Waals surface area contributed by atoms with Crippen molar-refractivity contribution in [3.05, 3.63) is 70.9 Å². The van der Waals surface area contributed by atoms with Crippen molar-refractivity contribution in [3.8, 4) is 5.69 Å². The van der Waals surface area contributed by atoms with Gasteiger partial charge in [0.25, 0.3) is 5.69 Å². The highest BCUT2D eigenvalue weighted by Crippen LogP contribution is 2.38. The van der Waals surface area contributed by atoms with Crippen LogP contribution in [-0.2, 0) is 0 Å². The molecule has 116 valence electrons. The van der Waals surface area contributed by atoms with E-state index in [1.165, 1.54) is 11.3 Å². The van der Waals surface area contributed by atoms with Crippen molar-refractivity contribution in [3.63, 3.8) is 0 Å². The van der Waals surface area contributed by atoms with E-state index in [2.05, 4.69) is 0 Å². The molecule has 0 amide bonds. The SMILES string of the molecule is CSc1sc(C(=O)c2ccccc2)c(N)c1-[n+]1cccc(C)c1. The molecule has 0 saturated carbocycles. The average molecular weight is 341 g/mol. The van der Waals surface area contributed by atoms with Crippen molar-refractivity contribution in [1.29, 1.82) is 0 Å². The quantitative estimate of drug-likeness (QED) is 0.445. The number of rotatable bonds is 4. The molecule has 0 saturated heterocycles. The monoisotopic (exact) mass is 341 g/mol. The van der Waals surface area contributed by atoms with E-state index in [1.54, 1.807) is 11.8 Å². The van der Waals surface area contributed by atoms with Crippen LogP contribution in [0.1, 0.15) is 20.8 Å². The summed E-state index contributed by atoms with van der Waals surface area (Å²) in [5.41, 5.74) is 9.60. The Balaban J connectivity index is 2.13. The minimum atomic E-state index is -0.0251. The summed E-state index contributed by atoms with van der Waals surface area (Å²) in [6, 6.07) is 13.3. The number of carbonyl (C=O) groups excluding carboxylic acids is 1. The predicted octanol–water partition coefficient (Wildman–Crippen LogP) is 3.87. The van der Waals surface area contributed by atoms with Crippen LogP contribution in [0.15, 0.2) is 59.1 Å². The fraction of sp³-hybridized carbons (Fsp3) is 0.111. The molecule has 0 atom stereocenters. The van der Waals surface area contributed by atoms with Gasteiger partial charge in [-0.2, -0.15) is 4.57 Å². The van der Waals surface area contributed by atoms with Gasteiger partial charge in [-0.25, -0.2) is 0 Å². The van der Waals surface area contributed by atoms with Gasteiger partial charge in [0.1, 0.15) is 14.8 Å². The maximum Gasteiger partial charge on any atom is 0.259 e. The van der Waals surface area contributed by atoms with Gasteiger partial charge in [0.15, 0.2) is 12.4 Å². The maximum absolute atomic E-state index is 12.8. The lowest BCUT2D eigenvalue weighted by Crippen LogP contribution is -2.31. The van der Waals surface area contributed by atoms with Crippen LogP contribution in [-0.4, -0.2) is 12.0 Å². The zero-order chi connectivity index (χ0) is 16.4. The average Bonchev–Trinajstić information content (AvgIpc) is 2.91. The molecular formula is C18H17N2OS2+. The zero-order valence-electron chi connectivity index (χ0n) is 12.9. The van der Waals surface area contributed by atoms with Crippen LogP contribution in [0.2, 0.25) is 0 Å². The Kier molecular flexibility index (Phi) is 4.50. The van der Waals surface area contributed by atoms with Crippen LogP contribution >= 0.6 is 23.1 Å². The van der Waals surface area contributed by atoms with Crippen LogP contribution in [0, 0.1) is 6.92 Å². The second-order valence-electron chi connectivity index (χ2n) is 5.17. The molecule has 5 heteroatoms. The lowest BCUT2D eigenvalue weighted by molar-refractivity contribution is -0.597. The van der Waals surface area contributed by atoms with E-state index in [1.807, 2.05) is 72.6 Å². The first-order valence-corrected chi connectivity index (χ1v) is 9.20. The minimum absolute atomic E-state index is 0.0251. The van der Waals surface area contributed by atoms with Crippen LogP contribution in [0.4, 0.5) is 5.69 Å². The van der Waals surface area contributed by atoms with Crippen LogP contribution < -0.4 is 10.3 Å². The van der Waals surface area contributed by atoms with E-state index in [0.29, 0.717) is 16.1 Å². The van der Waals surface area contributed by atoms with Crippen molar-refractivity contribution >= 4 is 34.6 Å². The van der Waals surface area contributed by atoms with Gasteiger partial charge in [-0.15, -0.1) is 23.1 Å². The number of aromatic nitrogens is 1. The third-order valence-corrected chi connectivity index (χ3v) is 5.82. The van der Waals surface area contributed by atoms with Crippen molar-refractivity contribution in [2.24, 2.45) is 0 Å². The maximum atomic E-state index is 12.8. The second kappa shape index (κ2) is 6.56. The molecule has 2 heterocycles. The van der Waals surface area contributed by atoms with Gasteiger partial charge in [0.05, 0.1) is 0 Å². The third-order valence-electron chi connectivity index (χ3n) is 3.52. The molecule has 1 aromatic carbocycles.